The van der Waals surface area contributed by atoms with E-state index in [4.69, 9.17) is 4.74 Å². The van der Waals surface area contributed by atoms with Crippen LogP contribution in [0.15, 0.2) is 97.1 Å². The Hall–Kier alpha value is -4.78. The van der Waals surface area contributed by atoms with E-state index in [0.29, 0.717) is 5.56 Å². The van der Waals surface area contributed by atoms with Gasteiger partial charge in [0, 0.05) is 11.5 Å². The van der Waals surface area contributed by atoms with Gasteiger partial charge in [-0.15, -0.1) is 0 Å². The molecule has 0 spiro atoms. The summed E-state index contributed by atoms with van der Waals surface area (Å²) in [6, 6.07) is 27.2. The summed E-state index contributed by atoms with van der Waals surface area (Å²) in [5.74, 6) is -2.24. The van der Waals surface area contributed by atoms with Crippen LogP contribution in [0.4, 0.5) is 4.79 Å². The van der Waals surface area contributed by atoms with E-state index in [9.17, 15) is 24.9 Å². The number of benzene rings is 4. The van der Waals surface area contributed by atoms with Crippen LogP contribution < -0.4 is 0 Å². The SMILES string of the molecule is O=C(O)C(c1ccccc1)N(Cc1cccc(O)c1O)C(=O)OCC1c2ccccc2-c2ccccc21. The van der Waals surface area contributed by atoms with E-state index in [-0.39, 0.29) is 30.4 Å². The number of aromatic hydroxyl groups is 2. The minimum absolute atomic E-state index is 0.0104. The molecule has 3 N–H and O–H groups in total. The lowest BCUT2D eigenvalue weighted by Crippen LogP contribution is -2.39. The molecule has 0 aromatic heterocycles. The van der Waals surface area contributed by atoms with Gasteiger partial charge in [-0.05, 0) is 33.9 Å². The molecule has 1 aliphatic carbocycles. The quantitative estimate of drug-likeness (QED) is 0.285. The monoisotopic (exact) mass is 495 g/mol. The van der Waals surface area contributed by atoms with Crippen molar-refractivity contribution in [1.29, 1.82) is 0 Å². The van der Waals surface area contributed by atoms with Crippen molar-refractivity contribution in [2.45, 2.75) is 18.5 Å². The number of hydrogen-bond donors (Lipinski definition) is 3. The van der Waals surface area contributed by atoms with Gasteiger partial charge in [0.25, 0.3) is 0 Å². The van der Waals surface area contributed by atoms with E-state index >= 15 is 0 Å². The van der Waals surface area contributed by atoms with Gasteiger partial charge in [-0.1, -0.05) is 91.0 Å². The Morgan fingerprint density at radius 2 is 1.38 bits per heavy atom. The van der Waals surface area contributed by atoms with Crippen LogP contribution in [0.2, 0.25) is 0 Å². The van der Waals surface area contributed by atoms with Crippen molar-refractivity contribution in [3.05, 3.63) is 119 Å². The highest BCUT2D eigenvalue weighted by Gasteiger charge is 2.35. The van der Waals surface area contributed by atoms with Gasteiger partial charge in [-0.25, -0.2) is 9.59 Å². The predicted molar refractivity (Wildman–Crippen MR) is 137 cm³/mol. The molecule has 0 heterocycles. The average molecular weight is 496 g/mol. The maximum atomic E-state index is 13.5. The first-order chi connectivity index (χ1) is 18.0. The van der Waals surface area contributed by atoms with Crippen LogP contribution in [0.3, 0.4) is 0 Å². The van der Waals surface area contributed by atoms with Crippen molar-refractivity contribution in [3.8, 4) is 22.6 Å². The number of carbonyl (C=O) groups excluding carboxylic acids is 1. The number of para-hydroxylation sites is 1. The van der Waals surface area contributed by atoms with Crippen molar-refractivity contribution in [2.75, 3.05) is 6.61 Å². The fourth-order valence-electron chi connectivity index (χ4n) is 4.92. The van der Waals surface area contributed by atoms with Crippen molar-refractivity contribution >= 4 is 12.1 Å². The van der Waals surface area contributed by atoms with Gasteiger partial charge in [-0.2, -0.15) is 0 Å². The first kappa shape index (κ1) is 23.9. The topological polar surface area (TPSA) is 107 Å². The predicted octanol–water partition coefficient (Wildman–Crippen LogP) is 5.67. The highest BCUT2D eigenvalue weighted by atomic mass is 16.6. The molecule has 0 saturated carbocycles. The summed E-state index contributed by atoms with van der Waals surface area (Å²) >= 11 is 0. The molecule has 4 aromatic rings. The number of nitrogens with zero attached hydrogens (tertiary/aromatic N) is 1. The van der Waals surface area contributed by atoms with Gasteiger partial charge in [0.2, 0.25) is 0 Å². The van der Waals surface area contributed by atoms with Crippen LogP contribution in [0.5, 0.6) is 11.5 Å². The van der Waals surface area contributed by atoms with Gasteiger partial charge in [0.05, 0.1) is 6.54 Å². The van der Waals surface area contributed by atoms with Gasteiger partial charge < -0.3 is 20.1 Å². The number of carboxylic acid groups (broad SMARTS) is 1. The van der Waals surface area contributed by atoms with Crippen LogP contribution in [0, 0.1) is 0 Å². The Balaban J connectivity index is 1.47. The molecule has 4 aromatic carbocycles. The summed E-state index contributed by atoms with van der Waals surface area (Å²) in [6.07, 6.45) is -0.846. The molecule has 5 rings (SSSR count). The number of phenols is 2. The number of hydrogen-bond acceptors (Lipinski definition) is 5. The zero-order valence-electron chi connectivity index (χ0n) is 19.8. The van der Waals surface area contributed by atoms with E-state index in [1.165, 1.54) is 18.2 Å². The number of amides is 1. The average Bonchev–Trinajstić information content (AvgIpc) is 3.23. The van der Waals surface area contributed by atoms with Crippen LogP contribution in [-0.2, 0) is 16.1 Å². The Morgan fingerprint density at radius 3 is 2.00 bits per heavy atom. The third-order valence-electron chi connectivity index (χ3n) is 6.67. The van der Waals surface area contributed by atoms with Crippen LogP contribution in [0.1, 0.15) is 34.2 Å². The summed E-state index contributed by atoms with van der Waals surface area (Å²) in [7, 11) is 0. The standard InChI is InChI=1S/C30H25NO6/c32-26-16-8-11-20(28(26)33)17-31(27(29(34)35)19-9-2-1-3-10-19)30(36)37-18-25-23-14-6-4-12-21(23)22-13-5-7-15-24(22)25/h1-16,25,27,32-33H,17-18H2,(H,34,35). The van der Waals surface area contributed by atoms with Crippen molar-refractivity contribution in [3.63, 3.8) is 0 Å². The van der Waals surface area contributed by atoms with Gasteiger partial charge in [0.15, 0.2) is 17.5 Å². The van der Waals surface area contributed by atoms with E-state index in [2.05, 4.69) is 0 Å². The molecule has 186 valence electrons. The lowest BCUT2D eigenvalue weighted by molar-refractivity contribution is -0.143. The molecular formula is C30H25NO6. The number of rotatable bonds is 7. The third-order valence-corrected chi connectivity index (χ3v) is 6.67. The summed E-state index contributed by atoms with van der Waals surface area (Å²) in [4.78, 5) is 27.0. The second-order valence-electron chi connectivity index (χ2n) is 8.87. The number of aliphatic carboxylic acids is 1. The Kier molecular flexibility index (Phi) is 6.51. The van der Waals surface area contributed by atoms with E-state index in [1.807, 2.05) is 48.5 Å². The third kappa shape index (κ3) is 4.59. The van der Waals surface area contributed by atoms with Gasteiger partial charge in [0.1, 0.15) is 6.61 Å². The zero-order chi connectivity index (χ0) is 25.9. The number of carbonyl (C=O) groups is 2. The molecule has 1 atom stereocenters. The molecule has 1 amide bonds. The van der Waals surface area contributed by atoms with Crippen molar-refractivity contribution < 1.29 is 29.6 Å². The lowest BCUT2D eigenvalue weighted by atomic mass is 9.98. The Bertz CT molecular complexity index is 1410. The second kappa shape index (κ2) is 10.1. The molecule has 7 heteroatoms. The minimum Gasteiger partial charge on any atom is -0.504 e. The molecule has 7 nitrogen and oxygen atoms in total. The summed E-state index contributed by atoms with van der Waals surface area (Å²) in [5, 5.41) is 30.4. The lowest BCUT2D eigenvalue weighted by Gasteiger charge is -2.29. The van der Waals surface area contributed by atoms with Crippen LogP contribution in [-0.4, -0.2) is 38.9 Å². The van der Waals surface area contributed by atoms with Crippen LogP contribution >= 0.6 is 0 Å². The number of fused-ring (bicyclic) bond motifs is 3. The normalized spacial score (nSPS) is 12.9. The molecule has 0 aliphatic heterocycles. The summed E-state index contributed by atoms with van der Waals surface area (Å²) < 4.78 is 5.78. The van der Waals surface area contributed by atoms with E-state index in [0.717, 1.165) is 27.2 Å². The smallest absolute Gasteiger partial charge is 0.411 e. The molecule has 0 bridgehead atoms. The Morgan fingerprint density at radius 1 is 0.784 bits per heavy atom. The number of ether oxygens (including phenoxy) is 1. The van der Waals surface area contributed by atoms with Gasteiger partial charge in [-0.3, -0.25) is 4.90 Å². The van der Waals surface area contributed by atoms with Crippen molar-refractivity contribution in [2.24, 2.45) is 0 Å². The molecule has 0 fully saturated rings. The zero-order valence-corrected chi connectivity index (χ0v) is 19.8. The summed E-state index contributed by atoms with van der Waals surface area (Å²) in [5.41, 5.74) is 4.79. The molecule has 1 aliphatic rings. The number of carboxylic acids is 1. The number of phenolic OH excluding ortho intramolecular Hbond substituents is 2. The molecule has 37 heavy (non-hydrogen) atoms. The van der Waals surface area contributed by atoms with E-state index in [1.54, 1.807) is 30.3 Å². The summed E-state index contributed by atoms with van der Waals surface area (Å²) in [6.45, 7) is -0.278. The fraction of sp³-hybridized carbons (Fsp3) is 0.133. The van der Waals surface area contributed by atoms with Crippen LogP contribution in [0.25, 0.3) is 11.1 Å². The maximum absolute atomic E-state index is 13.5. The molecular weight excluding hydrogens is 470 g/mol. The van der Waals surface area contributed by atoms with Crippen molar-refractivity contribution in [1.82, 2.24) is 4.90 Å². The highest BCUT2D eigenvalue weighted by molar-refractivity contribution is 5.82. The molecule has 0 saturated heterocycles. The minimum atomic E-state index is -1.38. The Labute approximate surface area is 213 Å². The molecule has 0 radical (unpaired) electrons. The fourth-order valence-corrected chi connectivity index (χ4v) is 4.92. The first-order valence-corrected chi connectivity index (χ1v) is 11.8. The maximum Gasteiger partial charge on any atom is 0.411 e. The largest absolute Gasteiger partial charge is 0.504 e. The van der Waals surface area contributed by atoms with Gasteiger partial charge >= 0.3 is 12.1 Å². The molecule has 1 unspecified atom stereocenters. The second-order valence-corrected chi connectivity index (χ2v) is 8.87. The van der Waals surface area contributed by atoms with E-state index < -0.39 is 23.9 Å². The first-order valence-electron chi connectivity index (χ1n) is 11.8. The highest BCUT2D eigenvalue weighted by Crippen LogP contribution is 2.44.